The number of rotatable bonds is 5. The predicted molar refractivity (Wildman–Crippen MR) is 84.1 cm³/mol. The number of nitrogens with two attached hydrogens (primary N) is 1. The lowest BCUT2D eigenvalue weighted by Gasteiger charge is -2.22. The summed E-state index contributed by atoms with van der Waals surface area (Å²) >= 11 is 7.40. The Morgan fingerprint density at radius 2 is 2.05 bits per heavy atom. The number of benzene rings is 1. The Hall–Kier alpha value is -1.74. The molecule has 0 saturated heterocycles. The van der Waals surface area contributed by atoms with Crippen molar-refractivity contribution in [1.82, 2.24) is 0 Å². The Morgan fingerprint density at radius 1 is 1.29 bits per heavy atom. The molecule has 1 aromatic carbocycles. The number of nitrogens with zero attached hydrogens (tertiary/aromatic N) is 1. The first-order chi connectivity index (χ1) is 10.0. The van der Waals surface area contributed by atoms with Gasteiger partial charge in [0.25, 0.3) is 0 Å². The standard InChI is InChI=1S/C15H15ClN2O2S/c1-9(18)15(13-5-6-14(16)21-13)20-11-4-3-10(8-17)7-12(11)19-2/h3-7,9,15H,18H2,1-2H3. The van der Waals surface area contributed by atoms with Gasteiger partial charge in [0.15, 0.2) is 11.5 Å². The lowest BCUT2D eigenvalue weighted by atomic mass is 10.1. The largest absolute Gasteiger partial charge is 0.493 e. The number of nitriles is 1. The van der Waals surface area contributed by atoms with Crippen molar-refractivity contribution in [2.45, 2.75) is 19.1 Å². The first-order valence-electron chi connectivity index (χ1n) is 6.30. The molecule has 0 saturated carbocycles. The molecular formula is C15H15ClN2O2S. The second-order valence-electron chi connectivity index (χ2n) is 4.52. The van der Waals surface area contributed by atoms with Gasteiger partial charge in [0, 0.05) is 17.0 Å². The van der Waals surface area contributed by atoms with Crippen molar-refractivity contribution in [3.05, 3.63) is 45.1 Å². The van der Waals surface area contributed by atoms with E-state index in [0.717, 1.165) is 4.88 Å². The lowest BCUT2D eigenvalue weighted by molar-refractivity contribution is 0.176. The van der Waals surface area contributed by atoms with E-state index in [4.69, 9.17) is 32.1 Å². The molecular weight excluding hydrogens is 308 g/mol. The van der Waals surface area contributed by atoms with Gasteiger partial charge in [0.05, 0.1) is 23.1 Å². The Balaban J connectivity index is 2.31. The van der Waals surface area contributed by atoms with E-state index in [2.05, 4.69) is 6.07 Å². The van der Waals surface area contributed by atoms with Gasteiger partial charge in [-0.3, -0.25) is 0 Å². The highest BCUT2D eigenvalue weighted by molar-refractivity contribution is 7.16. The maximum absolute atomic E-state index is 8.92. The topological polar surface area (TPSA) is 68.3 Å². The van der Waals surface area contributed by atoms with Gasteiger partial charge in [-0.05, 0) is 31.2 Å². The van der Waals surface area contributed by atoms with Crippen molar-refractivity contribution in [1.29, 1.82) is 5.26 Å². The molecule has 1 heterocycles. The Kier molecular flexibility index (Phi) is 5.07. The van der Waals surface area contributed by atoms with Crippen molar-refractivity contribution in [3.8, 4) is 17.6 Å². The van der Waals surface area contributed by atoms with Crippen LogP contribution in [0.2, 0.25) is 4.34 Å². The molecule has 0 aliphatic heterocycles. The van der Waals surface area contributed by atoms with Crippen molar-refractivity contribution >= 4 is 22.9 Å². The van der Waals surface area contributed by atoms with E-state index in [1.165, 1.54) is 18.4 Å². The van der Waals surface area contributed by atoms with Gasteiger partial charge in [0.1, 0.15) is 6.10 Å². The van der Waals surface area contributed by atoms with Crippen LogP contribution in [-0.2, 0) is 0 Å². The van der Waals surface area contributed by atoms with Crippen molar-refractivity contribution in [3.63, 3.8) is 0 Å². The molecule has 0 aliphatic carbocycles. The van der Waals surface area contributed by atoms with Gasteiger partial charge in [-0.1, -0.05) is 11.6 Å². The zero-order valence-electron chi connectivity index (χ0n) is 11.7. The molecule has 6 heteroatoms. The first kappa shape index (κ1) is 15.6. The fraction of sp³-hybridized carbons (Fsp3) is 0.267. The van der Waals surface area contributed by atoms with Gasteiger partial charge in [-0.15, -0.1) is 11.3 Å². The molecule has 0 bridgehead atoms. The third-order valence-electron chi connectivity index (χ3n) is 2.90. The summed E-state index contributed by atoms with van der Waals surface area (Å²) < 4.78 is 11.9. The van der Waals surface area contributed by atoms with Crippen LogP contribution < -0.4 is 15.2 Å². The van der Waals surface area contributed by atoms with Crippen LogP contribution in [0.15, 0.2) is 30.3 Å². The third kappa shape index (κ3) is 3.67. The van der Waals surface area contributed by atoms with Gasteiger partial charge >= 0.3 is 0 Å². The summed E-state index contributed by atoms with van der Waals surface area (Å²) in [4.78, 5) is 0.946. The van der Waals surface area contributed by atoms with Crippen LogP contribution in [0.5, 0.6) is 11.5 Å². The zero-order valence-corrected chi connectivity index (χ0v) is 13.2. The smallest absolute Gasteiger partial charge is 0.162 e. The number of methoxy groups -OCH3 is 1. The van der Waals surface area contributed by atoms with Crippen LogP contribution in [0.4, 0.5) is 0 Å². The van der Waals surface area contributed by atoms with Gasteiger partial charge in [-0.25, -0.2) is 0 Å². The number of halogens is 1. The molecule has 2 atom stereocenters. The normalized spacial score (nSPS) is 13.3. The van der Waals surface area contributed by atoms with E-state index >= 15 is 0 Å². The molecule has 0 radical (unpaired) electrons. The molecule has 1 aromatic heterocycles. The molecule has 2 N–H and O–H groups in total. The zero-order chi connectivity index (χ0) is 15.4. The average molecular weight is 323 g/mol. The maximum atomic E-state index is 8.92. The summed E-state index contributed by atoms with van der Waals surface area (Å²) in [6, 6.07) is 10.6. The number of thiophene rings is 1. The highest BCUT2D eigenvalue weighted by atomic mass is 35.5. The third-order valence-corrected chi connectivity index (χ3v) is 4.19. The van der Waals surface area contributed by atoms with Crippen molar-refractivity contribution in [2.24, 2.45) is 5.73 Å². The van der Waals surface area contributed by atoms with Crippen LogP contribution in [-0.4, -0.2) is 13.2 Å². The van der Waals surface area contributed by atoms with Crippen molar-refractivity contribution in [2.75, 3.05) is 7.11 Å². The van der Waals surface area contributed by atoms with Gasteiger partial charge in [0.2, 0.25) is 0 Å². The van der Waals surface area contributed by atoms with Gasteiger partial charge < -0.3 is 15.2 Å². The maximum Gasteiger partial charge on any atom is 0.162 e. The number of ether oxygens (including phenoxy) is 2. The minimum atomic E-state index is -0.329. The van der Waals surface area contributed by atoms with E-state index < -0.39 is 0 Å². The highest BCUT2D eigenvalue weighted by Gasteiger charge is 2.22. The van der Waals surface area contributed by atoms with E-state index in [1.807, 2.05) is 19.1 Å². The molecule has 21 heavy (non-hydrogen) atoms. The number of hydrogen-bond acceptors (Lipinski definition) is 5. The quantitative estimate of drug-likeness (QED) is 0.910. The summed E-state index contributed by atoms with van der Waals surface area (Å²) in [5.74, 6) is 1.05. The fourth-order valence-electron chi connectivity index (χ4n) is 1.88. The SMILES string of the molecule is COc1cc(C#N)ccc1OC(c1ccc(Cl)s1)C(C)N. The highest BCUT2D eigenvalue weighted by Crippen LogP contribution is 2.36. The molecule has 0 spiro atoms. The van der Waals surface area contributed by atoms with E-state index in [1.54, 1.807) is 18.2 Å². The molecule has 2 aromatic rings. The Morgan fingerprint density at radius 3 is 2.57 bits per heavy atom. The Labute approximate surface area is 132 Å². The summed E-state index contributed by atoms with van der Waals surface area (Å²) in [7, 11) is 1.53. The molecule has 2 rings (SSSR count). The minimum absolute atomic E-state index is 0.222. The second-order valence-corrected chi connectivity index (χ2v) is 6.26. The van der Waals surface area contributed by atoms with E-state index in [9.17, 15) is 0 Å². The molecule has 0 aliphatic rings. The summed E-state index contributed by atoms with van der Waals surface area (Å²) in [6.07, 6.45) is -0.329. The van der Waals surface area contributed by atoms with Crippen LogP contribution in [0.1, 0.15) is 23.5 Å². The molecule has 2 unspecified atom stereocenters. The average Bonchev–Trinajstić information content (AvgIpc) is 2.90. The molecule has 4 nitrogen and oxygen atoms in total. The summed E-state index contributed by atoms with van der Waals surface area (Å²) in [5, 5.41) is 8.92. The number of hydrogen-bond donors (Lipinski definition) is 1. The second kappa shape index (κ2) is 6.81. The first-order valence-corrected chi connectivity index (χ1v) is 7.50. The molecule has 0 amide bonds. The molecule has 0 fully saturated rings. The fourth-order valence-corrected chi connectivity index (χ4v) is 3.08. The lowest BCUT2D eigenvalue weighted by Crippen LogP contribution is -2.28. The summed E-state index contributed by atoms with van der Waals surface area (Å²) in [6.45, 7) is 1.87. The monoisotopic (exact) mass is 322 g/mol. The van der Waals surface area contributed by atoms with Crippen LogP contribution >= 0.6 is 22.9 Å². The van der Waals surface area contributed by atoms with E-state index in [-0.39, 0.29) is 12.1 Å². The van der Waals surface area contributed by atoms with Crippen molar-refractivity contribution < 1.29 is 9.47 Å². The predicted octanol–water partition coefficient (Wildman–Crippen LogP) is 3.75. The van der Waals surface area contributed by atoms with E-state index in [0.29, 0.717) is 21.4 Å². The molecule has 110 valence electrons. The van der Waals surface area contributed by atoms with Crippen LogP contribution in [0, 0.1) is 11.3 Å². The van der Waals surface area contributed by atoms with Gasteiger partial charge in [-0.2, -0.15) is 5.26 Å². The van der Waals surface area contributed by atoms with Crippen LogP contribution in [0.3, 0.4) is 0 Å². The van der Waals surface area contributed by atoms with Crippen LogP contribution in [0.25, 0.3) is 0 Å². The minimum Gasteiger partial charge on any atom is -0.493 e. The Bertz CT molecular complexity index is 664. The summed E-state index contributed by atoms with van der Waals surface area (Å²) in [5.41, 5.74) is 6.53.